The van der Waals surface area contributed by atoms with E-state index in [1.807, 2.05) is 61.5 Å². The third-order valence-corrected chi connectivity index (χ3v) is 4.52. The Kier molecular flexibility index (Phi) is 4.76. The molecule has 0 atom stereocenters. The molecule has 2 aromatic carbocycles. The predicted octanol–water partition coefficient (Wildman–Crippen LogP) is 5.01. The van der Waals surface area contributed by atoms with E-state index in [1.165, 1.54) is 11.9 Å². The van der Waals surface area contributed by atoms with E-state index in [9.17, 15) is 0 Å². The Morgan fingerprint density at radius 3 is 2.61 bits per heavy atom. The number of nitrogen functional groups attached to an aromatic ring is 1. The van der Waals surface area contributed by atoms with Crippen molar-refractivity contribution in [3.8, 4) is 11.6 Å². The fourth-order valence-corrected chi connectivity index (χ4v) is 2.96. The lowest BCUT2D eigenvalue weighted by Crippen LogP contribution is -2.03. The van der Waals surface area contributed by atoms with Crippen molar-refractivity contribution < 1.29 is 4.74 Å². The molecule has 3 N–H and O–H groups in total. The Balaban J connectivity index is 1.63. The lowest BCUT2D eigenvalue weighted by atomic mass is 10.1. The van der Waals surface area contributed by atoms with Crippen molar-refractivity contribution in [2.75, 3.05) is 11.1 Å². The molecule has 6 heteroatoms. The zero-order chi connectivity index (χ0) is 19.5. The van der Waals surface area contributed by atoms with Crippen LogP contribution in [0, 0.1) is 6.92 Å². The summed E-state index contributed by atoms with van der Waals surface area (Å²) in [6.07, 6.45) is 2.41. The third-order valence-electron chi connectivity index (χ3n) is 4.52. The van der Waals surface area contributed by atoms with Gasteiger partial charge in [-0.25, -0.2) is 4.98 Å². The van der Waals surface area contributed by atoms with Gasteiger partial charge in [-0.2, -0.15) is 4.98 Å². The number of benzene rings is 2. The molecule has 0 fully saturated rings. The molecule has 0 amide bonds. The monoisotopic (exact) mass is 371 g/mol. The molecule has 0 bridgehead atoms. The van der Waals surface area contributed by atoms with Crippen LogP contribution in [-0.2, 0) is 6.42 Å². The van der Waals surface area contributed by atoms with Crippen molar-refractivity contribution in [3.05, 3.63) is 72.2 Å². The van der Waals surface area contributed by atoms with Gasteiger partial charge in [0.15, 0.2) is 5.82 Å². The minimum atomic E-state index is 0.316. The van der Waals surface area contributed by atoms with Gasteiger partial charge in [0.05, 0.1) is 5.52 Å². The first kappa shape index (κ1) is 17.7. The number of rotatable bonds is 5. The molecule has 140 valence electrons. The fourth-order valence-electron chi connectivity index (χ4n) is 2.96. The number of nitrogens with one attached hydrogen (secondary N) is 1. The number of hydrogen-bond acceptors (Lipinski definition) is 6. The minimum absolute atomic E-state index is 0.316. The molecule has 28 heavy (non-hydrogen) atoms. The van der Waals surface area contributed by atoms with Gasteiger partial charge < -0.3 is 15.8 Å². The number of ether oxygens (including phenoxy) is 1. The van der Waals surface area contributed by atoms with Crippen molar-refractivity contribution in [2.45, 2.75) is 20.3 Å². The summed E-state index contributed by atoms with van der Waals surface area (Å²) in [5.41, 5.74) is 10.6. The van der Waals surface area contributed by atoms with Crippen LogP contribution in [0.1, 0.15) is 18.2 Å². The van der Waals surface area contributed by atoms with Crippen LogP contribution < -0.4 is 15.8 Å². The van der Waals surface area contributed by atoms with E-state index in [4.69, 9.17) is 10.5 Å². The molecule has 0 saturated carbocycles. The number of nitrogens with two attached hydrogens (primary N) is 1. The van der Waals surface area contributed by atoms with Crippen molar-refractivity contribution >= 4 is 28.1 Å². The molecular formula is C22H21N5O. The van der Waals surface area contributed by atoms with Gasteiger partial charge in [0.2, 0.25) is 5.88 Å². The van der Waals surface area contributed by atoms with E-state index in [0.29, 0.717) is 23.1 Å². The summed E-state index contributed by atoms with van der Waals surface area (Å²) < 4.78 is 5.86. The standard InChI is InChI=1S/C22H21N5O/c1-3-15-8-10-16(11-9-15)28-22-20(23)21(24-13-25-22)27-19-6-4-5-18-17(19)12-7-14(2)26-18/h4-13H,3,23H2,1-2H3,(H,24,25,27). The maximum Gasteiger partial charge on any atom is 0.248 e. The van der Waals surface area contributed by atoms with Crippen LogP contribution in [0.3, 0.4) is 0 Å². The highest BCUT2D eigenvalue weighted by Gasteiger charge is 2.12. The van der Waals surface area contributed by atoms with Crippen LogP contribution in [0.15, 0.2) is 60.9 Å². The first-order valence-corrected chi connectivity index (χ1v) is 9.14. The summed E-state index contributed by atoms with van der Waals surface area (Å²) in [5.74, 6) is 1.48. The van der Waals surface area contributed by atoms with Crippen LogP contribution in [0.4, 0.5) is 17.2 Å². The maximum atomic E-state index is 6.28. The quantitative estimate of drug-likeness (QED) is 0.513. The van der Waals surface area contributed by atoms with Crippen LogP contribution >= 0.6 is 0 Å². The second kappa shape index (κ2) is 7.52. The average molecular weight is 371 g/mol. The van der Waals surface area contributed by atoms with Crippen LogP contribution in [-0.4, -0.2) is 15.0 Å². The molecule has 2 heterocycles. The molecular weight excluding hydrogens is 350 g/mol. The highest BCUT2D eigenvalue weighted by molar-refractivity contribution is 5.94. The molecule has 0 unspecified atom stereocenters. The second-order valence-corrected chi connectivity index (χ2v) is 6.49. The van der Waals surface area contributed by atoms with Gasteiger partial charge in [0.25, 0.3) is 0 Å². The molecule has 0 aliphatic heterocycles. The summed E-state index contributed by atoms with van der Waals surface area (Å²) in [4.78, 5) is 13.0. The number of aryl methyl sites for hydroxylation is 2. The second-order valence-electron chi connectivity index (χ2n) is 6.49. The maximum absolute atomic E-state index is 6.28. The normalized spacial score (nSPS) is 10.8. The molecule has 2 aromatic heterocycles. The predicted molar refractivity (Wildman–Crippen MR) is 112 cm³/mol. The number of hydrogen-bond donors (Lipinski definition) is 2. The largest absolute Gasteiger partial charge is 0.437 e. The van der Waals surface area contributed by atoms with Crippen molar-refractivity contribution in [1.29, 1.82) is 0 Å². The summed E-state index contributed by atoms with van der Waals surface area (Å²) >= 11 is 0. The van der Waals surface area contributed by atoms with Gasteiger partial charge in [0.1, 0.15) is 17.8 Å². The van der Waals surface area contributed by atoms with E-state index < -0.39 is 0 Å². The number of pyridine rings is 1. The molecule has 0 aliphatic rings. The summed E-state index contributed by atoms with van der Waals surface area (Å²) in [6, 6.07) is 17.8. The number of aromatic nitrogens is 3. The molecule has 4 rings (SSSR count). The number of anilines is 3. The SMILES string of the molecule is CCc1ccc(Oc2ncnc(Nc3cccc4nc(C)ccc34)c2N)cc1. The van der Waals surface area contributed by atoms with Crippen molar-refractivity contribution in [2.24, 2.45) is 0 Å². The highest BCUT2D eigenvalue weighted by Crippen LogP contribution is 2.33. The zero-order valence-electron chi connectivity index (χ0n) is 15.8. The molecule has 0 saturated heterocycles. The Morgan fingerprint density at radius 1 is 1.00 bits per heavy atom. The lowest BCUT2D eigenvalue weighted by molar-refractivity contribution is 0.464. The number of nitrogens with zero attached hydrogens (tertiary/aromatic N) is 3. The summed E-state index contributed by atoms with van der Waals surface area (Å²) in [5, 5.41) is 4.27. The molecule has 6 nitrogen and oxygen atoms in total. The van der Waals surface area contributed by atoms with E-state index in [-0.39, 0.29) is 0 Å². The minimum Gasteiger partial charge on any atom is -0.437 e. The van der Waals surface area contributed by atoms with E-state index >= 15 is 0 Å². The topological polar surface area (TPSA) is 86.0 Å². The van der Waals surface area contributed by atoms with Crippen LogP contribution in [0.25, 0.3) is 10.9 Å². The fraction of sp³-hybridized carbons (Fsp3) is 0.136. The summed E-state index contributed by atoms with van der Waals surface area (Å²) in [6.45, 7) is 4.08. The first-order chi connectivity index (χ1) is 13.6. The molecule has 0 aliphatic carbocycles. The Bertz CT molecular complexity index is 1130. The number of fused-ring (bicyclic) bond motifs is 1. The lowest BCUT2D eigenvalue weighted by Gasteiger charge is -2.13. The molecule has 0 spiro atoms. The molecule has 0 radical (unpaired) electrons. The highest BCUT2D eigenvalue weighted by atomic mass is 16.5. The van der Waals surface area contributed by atoms with Crippen molar-refractivity contribution in [3.63, 3.8) is 0 Å². The van der Waals surface area contributed by atoms with Gasteiger partial charge in [0, 0.05) is 16.8 Å². The van der Waals surface area contributed by atoms with Gasteiger partial charge in [-0.15, -0.1) is 0 Å². The third kappa shape index (κ3) is 3.57. The van der Waals surface area contributed by atoms with E-state index in [2.05, 4.69) is 27.2 Å². The van der Waals surface area contributed by atoms with E-state index in [0.717, 1.165) is 28.7 Å². The van der Waals surface area contributed by atoms with Gasteiger partial charge in [-0.05, 0) is 55.3 Å². The van der Waals surface area contributed by atoms with Gasteiger partial charge in [-0.3, -0.25) is 4.98 Å². The molecule has 4 aromatic rings. The van der Waals surface area contributed by atoms with Gasteiger partial charge in [-0.1, -0.05) is 25.1 Å². The first-order valence-electron chi connectivity index (χ1n) is 9.14. The van der Waals surface area contributed by atoms with E-state index in [1.54, 1.807) is 0 Å². The Hall–Kier alpha value is -3.67. The van der Waals surface area contributed by atoms with Gasteiger partial charge >= 0.3 is 0 Å². The Morgan fingerprint density at radius 2 is 1.82 bits per heavy atom. The zero-order valence-corrected chi connectivity index (χ0v) is 15.8. The van der Waals surface area contributed by atoms with Crippen LogP contribution in [0.2, 0.25) is 0 Å². The summed E-state index contributed by atoms with van der Waals surface area (Å²) in [7, 11) is 0. The van der Waals surface area contributed by atoms with Crippen molar-refractivity contribution in [1.82, 2.24) is 15.0 Å². The smallest absolute Gasteiger partial charge is 0.248 e. The average Bonchev–Trinajstić information content (AvgIpc) is 2.71. The van der Waals surface area contributed by atoms with Crippen LogP contribution in [0.5, 0.6) is 11.6 Å². The Labute approximate surface area is 163 Å².